The minimum Gasteiger partial charge on any atom is -0.496 e. The number of aromatic nitrogens is 5. The molecule has 242 valence electrons. The van der Waals surface area contributed by atoms with Crippen LogP contribution in [-0.2, 0) is 16.1 Å². The standard InChI is InChI=1S/C31H39FN6O6S/c1-17(2)35(5)27(40)19(4)37-28(41)26-18(3)29(38-33-13-14-34-38)45-30(26)36(31(37)42)16-25(44-22-10-8-21(39)9-11-22)23-15-20(32)7-12-24(23)43-6/h7,12-15,17,19,21-22,25,39H,8-11,16H2,1-6H3/t19-,21?,22?,25-/m0/s1. The first kappa shape index (κ1) is 32.5. The molecule has 2 atom stereocenters. The number of carbonyl (C=O) groups excluding carboxylic acids is 1. The number of ether oxygens (including phenoxy) is 2. The summed E-state index contributed by atoms with van der Waals surface area (Å²) in [6.45, 7) is 6.87. The number of methoxy groups -OCH3 is 1. The van der Waals surface area contributed by atoms with Gasteiger partial charge in [0.05, 0.1) is 43.6 Å². The Balaban J connectivity index is 1.73. The zero-order valence-electron chi connectivity index (χ0n) is 26.3. The lowest BCUT2D eigenvalue weighted by atomic mass is 9.94. The van der Waals surface area contributed by atoms with Crippen LogP contribution in [0.25, 0.3) is 15.2 Å². The van der Waals surface area contributed by atoms with Gasteiger partial charge in [0.2, 0.25) is 5.91 Å². The van der Waals surface area contributed by atoms with Gasteiger partial charge < -0.3 is 19.5 Å². The van der Waals surface area contributed by atoms with Crippen molar-refractivity contribution in [3.8, 4) is 10.8 Å². The molecule has 5 rings (SSSR count). The average molecular weight is 643 g/mol. The van der Waals surface area contributed by atoms with Gasteiger partial charge in [-0.25, -0.2) is 13.8 Å². The Morgan fingerprint density at radius 1 is 1.16 bits per heavy atom. The molecule has 14 heteroatoms. The summed E-state index contributed by atoms with van der Waals surface area (Å²) in [5.41, 5.74) is -0.349. The molecule has 0 saturated heterocycles. The summed E-state index contributed by atoms with van der Waals surface area (Å²) >= 11 is 1.17. The zero-order valence-corrected chi connectivity index (χ0v) is 27.1. The number of likely N-dealkylation sites (N-methyl/N-ethyl adjacent to an activating group) is 1. The fourth-order valence-electron chi connectivity index (χ4n) is 5.78. The van der Waals surface area contributed by atoms with Gasteiger partial charge >= 0.3 is 5.69 Å². The first-order chi connectivity index (χ1) is 21.4. The summed E-state index contributed by atoms with van der Waals surface area (Å²) in [5, 5.41) is 19.3. The summed E-state index contributed by atoms with van der Waals surface area (Å²) in [6, 6.07) is 2.84. The number of thiophene rings is 1. The van der Waals surface area contributed by atoms with Gasteiger partial charge in [0.15, 0.2) is 0 Å². The van der Waals surface area contributed by atoms with Crippen molar-refractivity contribution >= 4 is 27.5 Å². The summed E-state index contributed by atoms with van der Waals surface area (Å²) in [6.07, 6.45) is 3.75. The van der Waals surface area contributed by atoms with Gasteiger partial charge in [-0.3, -0.25) is 14.2 Å². The lowest BCUT2D eigenvalue weighted by molar-refractivity contribution is -0.134. The molecule has 3 aromatic heterocycles. The smallest absolute Gasteiger partial charge is 0.332 e. The van der Waals surface area contributed by atoms with Crippen molar-refractivity contribution in [1.82, 2.24) is 29.0 Å². The maximum Gasteiger partial charge on any atom is 0.332 e. The molecule has 1 aliphatic rings. The Kier molecular flexibility index (Phi) is 9.56. The molecule has 1 aliphatic carbocycles. The third kappa shape index (κ3) is 6.31. The van der Waals surface area contributed by atoms with Gasteiger partial charge in [0.25, 0.3) is 5.56 Å². The highest BCUT2D eigenvalue weighted by atomic mass is 32.1. The van der Waals surface area contributed by atoms with Crippen LogP contribution in [-0.4, -0.2) is 72.4 Å². The SMILES string of the molecule is COc1ccc(F)cc1[C@H](Cn1c(=O)n([C@@H](C)C(=O)N(C)C(C)C)c(=O)c2c(C)c(-n3nccn3)sc21)OC1CCC(O)CC1. The van der Waals surface area contributed by atoms with Crippen molar-refractivity contribution in [3.05, 3.63) is 68.4 Å². The molecule has 1 aromatic carbocycles. The lowest BCUT2D eigenvalue weighted by Gasteiger charge is -2.31. The second-order valence-electron chi connectivity index (χ2n) is 11.8. The number of fused-ring (bicyclic) bond motifs is 1. The van der Waals surface area contributed by atoms with Crippen LogP contribution >= 0.6 is 11.3 Å². The molecule has 0 spiro atoms. The van der Waals surface area contributed by atoms with Gasteiger partial charge in [-0.15, -0.1) is 4.80 Å². The van der Waals surface area contributed by atoms with E-state index >= 15 is 0 Å². The summed E-state index contributed by atoms with van der Waals surface area (Å²) in [7, 11) is 3.10. The minimum absolute atomic E-state index is 0.110. The number of hydrogen-bond donors (Lipinski definition) is 1. The lowest BCUT2D eigenvalue weighted by Crippen LogP contribution is -2.48. The number of rotatable bonds is 10. The summed E-state index contributed by atoms with van der Waals surface area (Å²) in [5.74, 6) is -0.519. The number of nitrogens with zero attached hydrogens (tertiary/aromatic N) is 6. The highest BCUT2D eigenvalue weighted by Gasteiger charge is 2.32. The van der Waals surface area contributed by atoms with E-state index in [4.69, 9.17) is 9.47 Å². The van der Waals surface area contributed by atoms with Crippen molar-refractivity contribution in [2.75, 3.05) is 14.2 Å². The number of aliphatic hydroxyl groups excluding tert-OH is 1. The Morgan fingerprint density at radius 3 is 2.44 bits per heavy atom. The van der Waals surface area contributed by atoms with Crippen molar-refractivity contribution in [1.29, 1.82) is 0 Å². The fourth-order valence-corrected chi connectivity index (χ4v) is 7.00. The molecule has 3 heterocycles. The van der Waals surface area contributed by atoms with Gasteiger partial charge in [-0.1, -0.05) is 11.3 Å². The first-order valence-corrected chi connectivity index (χ1v) is 15.8. The van der Waals surface area contributed by atoms with E-state index in [1.165, 1.54) is 70.2 Å². The summed E-state index contributed by atoms with van der Waals surface area (Å²) in [4.78, 5) is 45.2. The van der Waals surface area contributed by atoms with Crippen molar-refractivity contribution in [2.24, 2.45) is 0 Å². The quantitative estimate of drug-likeness (QED) is 0.277. The van der Waals surface area contributed by atoms with Crippen LogP contribution in [0.2, 0.25) is 0 Å². The molecule has 12 nitrogen and oxygen atoms in total. The number of amides is 1. The number of aryl methyl sites for hydroxylation is 1. The Bertz CT molecular complexity index is 1790. The topological polar surface area (TPSA) is 134 Å². The van der Waals surface area contributed by atoms with E-state index in [1.54, 1.807) is 14.0 Å². The molecule has 45 heavy (non-hydrogen) atoms. The average Bonchev–Trinajstić information content (AvgIpc) is 3.67. The van der Waals surface area contributed by atoms with Gasteiger partial charge in [-0.05, 0) is 71.6 Å². The number of benzene rings is 1. The second-order valence-corrected chi connectivity index (χ2v) is 12.7. The fraction of sp³-hybridized carbons (Fsp3) is 0.516. The molecule has 1 N–H and O–H groups in total. The molecule has 0 aliphatic heterocycles. The highest BCUT2D eigenvalue weighted by Crippen LogP contribution is 2.36. The predicted octanol–water partition coefficient (Wildman–Crippen LogP) is 3.75. The minimum atomic E-state index is -1.11. The van der Waals surface area contributed by atoms with Gasteiger partial charge in [0.1, 0.15) is 33.5 Å². The summed E-state index contributed by atoms with van der Waals surface area (Å²) < 4.78 is 29.3. The molecule has 0 radical (unpaired) electrons. The Labute approximate surface area is 263 Å². The van der Waals surface area contributed by atoms with E-state index < -0.39 is 41.2 Å². The number of halogens is 1. The molecule has 1 fully saturated rings. The van der Waals surface area contributed by atoms with Crippen LogP contribution in [0.4, 0.5) is 4.39 Å². The number of carbonyl (C=O) groups is 1. The van der Waals surface area contributed by atoms with Crippen molar-refractivity contribution < 1.29 is 23.8 Å². The molecule has 0 bridgehead atoms. The van der Waals surface area contributed by atoms with Crippen LogP contribution in [0.1, 0.15) is 69.7 Å². The normalized spacial score (nSPS) is 18.3. The molecule has 1 amide bonds. The van der Waals surface area contributed by atoms with Crippen molar-refractivity contribution in [2.45, 2.75) is 90.3 Å². The van der Waals surface area contributed by atoms with Crippen molar-refractivity contribution in [3.63, 3.8) is 0 Å². The van der Waals surface area contributed by atoms with Crippen LogP contribution in [0, 0.1) is 12.7 Å². The monoisotopic (exact) mass is 642 g/mol. The third-order valence-corrected chi connectivity index (χ3v) is 9.85. The van der Waals surface area contributed by atoms with Crippen LogP contribution < -0.4 is 16.0 Å². The molecule has 1 saturated carbocycles. The third-order valence-electron chi connectivity index (χ3n) is 8.57. The van der Waals surface area contributed by atoms with E-state index in [9.17, 15) is 23.9 Å². The maximum absolute atomic E-state index is 14.7. The first-order valence-electron chi connectivity index (χ1n) is 15.0. The Hall–Kier alpha value is -3.88. The highest BCUT2D eigenvalue weighted by molar-refractivity contribution is 7.21. The van der Waals surface area contributed by atoms with E-state index in [0.717, 1.165) is 4.57 Å². The van der Waals surface area contributed by atoms with Gasteiger partial charge in [0, 0.05) is 24.2 Å². The van der Waals surface area contributed by atoms with Crippen LogP contribution in [0.5, 0.6) is 5.75 Å². The largest absolute Gasteiger partial charge is 0.496 e. The predicted molar refractivity (Wildman–Crippen MR) is 168 cm³/mol. The zero-order chi connectivity index (χ0) is 32.6. The van der Waals surface area contributed by atoms with E-state index in [-0.39, 0.29) is 24.1 Å². The second kappa shape index (κ2) is 13.2. The maximum atomic E-state index is 14.7. The van der Waals surface area contributed by atoms with Gasteiger partial charge in [-0.2, -0.15) is 10.2 Å². The molecule has 4 aromatic rings. The number of aliphatic hydroxyl groups is 1. The van der Waals surface area contributed by atoms with E-state index in [1.807, 2.05) is 13.8 Å². The molecular formula is C31H39FN6O6S. The Morgan fingerprint density at radius 2 is 1.82 bits per heavy atom. The van der Waals surface area contributed by atoms with E-state index in [0.29, 0.717) is 52.4 Å². The molecule has 0 unspecified atom stereocenters. The van der Waals surface area contributed by atoms with E-state index in [2.05, 4.69) is 10.2 Å². The van der Waals surface area contributed by atoms with Crippen LogP contribution in [0.3, 0.4) is 0 Å². The van der Waals surface area contributed by atoms with Crippen LogP contribution in [0.15, 0.2) is 40.2 Å². The molecular weight excluding hydrogens is 603 g/mol. The number of hydrogen-bond acceptors (Lipinski definition) is 9.